The van der Waals surface area contributed by atoms with E-state index in [1.807, 2.05) is 12.3 Å². The second-order valence-electron chi connectivity index (χ2n) is 16.7. The number of ether oxygens (including phenoxy) is 1. The van der Waals surface area contributed by atoms with Crippen LogP contribution in [0.25, 0.3) is 38.8 Å². The van der Waals surface area contributed by atoms with Gasteiger partial charge < -0.3 is 14.5 Å². The molecule has 55 heavy (non-hydrogen) atoms. The molecule has 6 aromatic carbocycles. The summed E-state index contributed by atoms with van der Waals surface area (Å²) in [6.45, 7) is 14.3. The summed E-state index contributed by atoms with van der Waals surface area (Å²) in [5.41, 5.74) is 11.8. The third-order valence-corrected chi connectivity index (χ3v) is 10.8. The van der Waals surface area contributed by atoms with Crippen LogP contribution in [0, 0.1) is 0 Å². The van der Waals surface area contributed by atoms with E-state index in [2.05, 4.69) is 202 Å². The van der Waals surface area contributed by atoms with Gasteiger partial charge in [-0.3, -0.25) is 4.57 Å². The molecular weight excluding hydrogens is 673 g/mol. The first-order valence-corrected chi connectivity index (χ1v) is 19.1. The quantitative estimate of drug-likeness (QED) is 0.171. The van der Waals surface area contributed by atoms with Gasteiger partial charge in [-0.2, -0.15) is 0 Å². The van der Waals surface area contributed by atoms with E-state index in [0.29, 0.717) is 6.67 Å². The first-order chi connectivity index (χ1) is 26.5. The fraction of sp³-hybridized carbons (Fsp3) is 0.180. The van der Waals surface area contributed by atoms with Crippen molar-refractivity contribution in [3.05, 3.63) is 169 Å². The first kappa shape index (κ1) is 34.4. The Bertz CT molecular complexity index is 2700. The van der Waals surface area contributed by atoms with Crippen molar-refractivity contribution in [1.29, 1.82) is 0 Å². The van der Waals surface area contributed by atoms with Crippen LogP contribution in [-0.2, 0) is 10.8 Å². The molecule has 5 heteroatoms. The molecule has 9 rings (SSSR count). The predicted molar refractivity (Wildman–Crippen MR) is 230 cm³/mol. The molecule has 0 amide bonds. The molecular formula is C50H46N4O. The van der Waals surface area contributed by atoms with Gasteiger partial charge in [-0.1, -0.05) is 114 Å². The van der Waals surface area contributed by atoms with Gasteiger partial charge in [-0.15, -0.1) is 0 Å². The molecule has 0 spiro atoms. The maximum Gasteiger partial charge on any atom is 0.137 e. The lowest BCUT2D eigenvalue weighted by Crippen LogP contribution is -2.24. The number of rotatable bonds is 6. The zero-order valence-electron chi connectivity index (χ0n) is 32.4. The Balaban J connectivity index is 1.07. The Hall–Kier alpha value is -6.33. The third kappa shape index (κ3) is 6.40. The van der Waals surface area contributed by atoms with Crippen LogP contribution in [0.1, 0.15) is 52.7 Å². The van der Waals surface area contributed by atoms with Crippen molar-refractivity contribution in [2.45, 2.75) is 52.4 Å². The van der Waals surface area contributed by atoms with Gasteiger partial charge in [0, 0.05) is 40.5 Å². The number of fused-ring (bicyclic) bond motifs is 4. The first-order valence-electron chi connectivity index (χ1n) is 19.1. The van der Waals surface area contributed by atoms with Crippen molar-refractivity contribution in [2.75, 3.05) is 16.5 Å². The zero-order chi connectivity index (χ0) is 37.9. The highest BCUT2D eigenvalue weighted by molar-refractivity contribution is 6.09. The molecule has 0 unspecified atom stereocenters. The van der Waals surface area contributed by atoms with Crippen molar-refractivity contribution >= 4 is 44.6 Å². The van der Waals surface area contributed by atoms with E-state index in [0.717, 1.165) is 39.7 Å². The molecule has 1 aliphatic rings. The van der Waals surface area contributed by atoms with Crippen LogP contribution in [-0.4, -0.2) is 16.2 Å². The van der Waals surface area contributed by atoms with Gasteiger partial charge in [0.1, 0.15) is 24.0 Å². The smallest absolute Gasteiger partial charge is 0.137 e. The molecule has 0 radical (unpaired) electrons. The van der Waals surface area contributed by atoms with Crippen molar-refractivity contribution in [3.63, 3.8) is 0 Å². The van der Waals surface area contributed by atoms with Gasteiger partial charge in [0.05, 0.1) is 22.4 Å². The normalized spacial score (nSPS) is 13.1. The van der Waals surface area contributed by atoms with Gasteiger partial charge >= 0.3 is 0 Å². The molecule has 2 aromatic heterocycles. The topological polar surface area (TPSA) is 33.5 Å². The van der Waals surface area contributed by atoms with Crippen molar-refractivity contribution in [2.24, 2.45) is 0 Å². The van der Waals surface area contributed by atoms with Crippen LogP contribution < -0.4 is 14.5 Å². The summed E-state index contributed by atoms with van der Waals surface area (Å²) < 4.78 is 8.96. The summed E-state index contributed by atoms with van der Waals surface area (Å²) >= 11 is 0. The standard InChI is InChI=1S/C50H46N4O/c1-49(2,3)36-25-26-51-48(30-36)54-44-20-11-10-19-42(44)43-24-23-41(32-47(43)54)55-40-18-14-17-38(31-40)52-33-53(46-22-13-12-21-45(46)52)39-28-35(34-15-8-7-9-16-34)27-37(29-39)50(4,5)6/h7-32H,33H2,1-6H3. The van der Waals surface area contributed by atoms with Crippen molar-refractivity contribution < 1.29 is 4.74 Å². The average molecular weight is 719 g/mol. The number of nitrogens with zero attached hydrogens (tertiary/aromatic N) is 4. The number of anilines is 4. The predicted octanol–water partition coefficient (Wildman–Crippen LogP) is 13.5. The Morgan fingerprint density at radius 1 is 0.491 bits per heavy atom. The summed E-state index contributed by atoms with van der Waals surface area (Å²) in [6.07, 6.45) is 1.92. The molecule has 0 N–H and O–H groups in total. The summed E-state index contributed by atoms with van der Waals surface area (Å²) in [5.74, 6) is 2.46. The Morgan fingerprint density at radius 2 is 1.16 bits per heavy atom. The lowest BCUT2D eigenvalue weighted by atomic mass is 9.85. The number of hydrogen-bond acceptors (Lipinski definition) is 4. The van der Waals surface area contributed by atoms with E-state index >= 15 is 0 Å². The van der Waals surface area contributed by atoms with E-state index in [-0.39, 0.29) is 10.8 Å². The molecule has 0 saturated carbocycles. The summed E-state index contributed by atoms with van der Waals surface area (Å²) in [5, 5.41) is 2.36. The Kier molecular flexibility index (Phi) is 8.27. The largest absolute Gasteiger partial charge is 0.457 e. The van der Waals surface area contributed by atoms with Gasteiger partial charge in [-0.25, -0.2) is 4.98 Å². The van der Waals surface area contributed by atoms with Crippen molar-refractivity contribution in [3.8, 4) is 28.4 Å². The minimum absolute atomic E-state index is 0.00416. The maximum atomic E-state index is 6.69. The molecule has 272 valence electrons. The highest BCUT2D eigenvalue weighted by Gasteiger charge is 2.29. The highest BCUT2D eigenvalue weighted by atomic mass is 16.5. The van der Waals surface area contributed by atoms with Gasteiger partial charge in [-0.05, 0) is 99.8 Å². The van der Waals surface area contributed by atoms with Crippen molar-refractivity contribution in [1.82, 2.24) is 9.55 Å². The van der Waals surface area contributed by atoms with Crippen LogP contribution in [0.4, 0.5) is 22.7 Å². The highest BCUT2D eigenvalue weighted by Crippen LogP contribution is 2.46. The minimum atomic E-state index is -0.00546. The molecule has 5 nitrogen and oxygen atoms in total. The van der Waals surface area contributed by atoms with E-state index in [1.165, 1.54) is 44.4 Å². The fourth-order valence-electron chi connectivity index (χ4n) is 7.77. The van der Waals surface area contributed by atoms with E-state index in [9.17, 15) is 0 Å². The van der Waals surface area contributed by atoms with E-state index < -0.39 is 0 Å². The molecule has 0 fully saturated rings. The average Bonchev–Trinajstić information content (AvgIpc) is 3.74. The molecule has 0 bridgehead atoms. The number of pyridine rings is 1. The Morgan fingerprint density at radius 3 is 1.93 bits per heavy atom. The van der Waals surface area contributed by atoms with Gasteiger partial charge in [0.2, 0.25) is 0 Å². The lowest BCUT2D eigenvalue weighted by molar-refractivity contribution is 0.483. The monoisotopic (exact) mass is 718 g/mol. The SMILES string of the molecule is CC(C)(C)c1cc(-c2ccccc2)cc(N2CN(c3cccc(Oc4ccc5c6ccccc6n(-c6cc(C(C)(C)C)ccn6)c5c4)c3)c3ccccc32)c1. The fourth-order valence-corrected chi connectivity index (χ4v) is 7.77. The molecule has 0 aliphatic carbocycles. The molecule has 0 atom stereocenters. The van der Waals surface area contributed by atoms with Crippen LogP contribution in [0.15, 0.2) is 158 Å². The molecule has 1 aliphatic heterocycles. The van der Waals surface area contributed by atoms with Crippen LogP contribution >= 0.6 is 0 Å². The molecule has 8 aromatic rings. The molecule has 3 heterocycles. The van der Waals surface area contributed by atoms with Crippen LogP contribution in [0.5, 0.6) is 11.5 Å². The zero-order valence-corrected chi connectivity index (χ0v) is 32.4. The second-order valence-corrected chi connectivity index (χ2v) is 16.7. The van der Waals surface area contributed by atoms with E-state index in [4.69, 9.17) is 9.72 Å². The van der Waals surface area contributed by atoms with Crippen LogP contribution in [0.3, 0.4) is 0 Å². The summed E-state index contributed by atoms with van der Waals surface area (Å²) in [6, 6.07) is 54.1. The lowest BCUT2D eigenvalue weighted by Gasteiger charge is -2.26. The number of hydrogen-bond donors (Lipinski definition) is 0. The summed E-state index contributed by atoms with van der Waals surface area (Å²) in [4.78, 5) is 9.67. The molecule has 0 saturated heterocycles. The second kappa shape index (κ2) is 13.2. The Labute approximate surface area is 324 Å². The number of aromatic nitrogens is 2. The number of benzene rings is 6. The maximum absolute atomic E-state index is 6.69. The van der Waals surface area contributed by atoms with Crippen LogP contribution in [0.2, 0.25) is 0 Å². The van der Waals surface area contributed by atoms with Gasteiger partial charge in [0.25, 0.3) is 0 Å². The van der Waals surface area contributed by atoms with Gasteiger partial charge in [0.15, 0.2) is 0 Å². The number of para-hydroxylation sites is 3. The van der Waals surface area contributed by atoms with E-state index in [1.54, 1.807) is 0 Å². The minimum Gasteiger partial charge on any atom is -0.457 e. The third-order valence-electron chi connectivity index (χ3n) is 10.8. The summed E-state index contributed by atoms with van der Waals surface area (Å²) in [7, 11) is 0.